The molecule has 0 aromatic carbocycles. The van der Waals surface area contributed by atoms with Crippen molar-refractivity contribution in [1.82, 2.24) is 20.5 Å². The van der Waals surface area contributed by atoms with Crippen LogP contribution in [0.25, 0.3) is 0 Å². The summed E-state index contributed by atoms with van der Waals surface area (Å²) in [6.45, 7) is 1.82. The minimum absolute atomic E-state index is 0.0862. The van der Waals surface area contributed by atoms with Crippen LogP contribution in [-0.4, -0.2) is 38.2 Å². The molecule has 1 atom stereocenters. The van der Waals surface area contributed by atoms with E-state index in [1.54, 1.807) is 0 Å². The molecule has 0 bridgehead atoms. The van der Waals surface area contributed by atoms with Gasteiger partial charge in [-0.15, -0.1) is 0 Å². The lowest BCUT2D eigenvalue weighted by Gasteiger charge is -2.11. The number of aromatic amines is 1. The lowest BCUT2D eigenvalue weighted by molar-refractivity contribution is -0.137. The summed E-state index contributed by atoms with van der Waals surface area (Å²) in [4.78, 5) is 25.4. The number of aromatic nitrogens is 3. The Labute approximate surface area is 92.3 Å². The Morgan fingerprint density at radius 2 is 2.38 bits per heavy atom. The van der Waals surface area contributed by atoms with Crippen LogP contribution in [0.4, 0.5) is 0 Å². The Balaban J connectivity index is 2.26. The third-order valence-electron chi connectivity index (χ3n) is 2.04. The van der Waals surface area contributed by atoms with Gasteiger partial charge in [0.25, 0.3) is 5.91 Å². The molecule has 1 aromatic heterocycles. The van der Waals surface area contributed by atoms with E-state index >= 15 is 0 Å². The average molecular weight is 226 g/mol. The van der Waals surface area contributed by atoms with E-state index in [4.69, 9.17) is 5.11 Å². The molecule has 0 spiro atoms. The van der Waals surface area contributed by atoms with Crippen molar-refractivity contribution in [2.75, 3.05) is 0 Å². The monoisotopic (exact) mass is 226 g/mol. The molecule has 88 valence electrons. The van der Waals surface area contributed by atoms with Crippen LogP contribution in [0.3, 0.4) is 0 Å². The van der Waals surface area contributed by atoms with Crippen molar-refractivity contribution < 1.29 is 14.7 Å². The van der Waals surface area contributed by atoms with E-state index in [2.05, 4.69) is 20.5 Å². The maximum Gasteiger partial charge on any atom is 0.303 e. The van der Waals surface area contributed by atoms with Gasteiger partial charge in [-0.05, 0) is 19.8 Å². The van der Waals surface area contributed by atoms with Gasteiger partial charge in [-0.3, -0.25) is 14.7 Å². The van der Waals surface area contributed by atoms with Gasteiger partial charge in [0.2, 0.25) is 5.82 Å². The first kappa shape index (κ1) is 12.2. The number of aliphatic carboxylic acids is 1. The predicted octanol–water partition coefficient (Wildman–Crippen LogP) is 0.178. The van der Waals surface area contributed by atoms with Crippen molar-refractivity contribution in [2.45, 2.75) is 32.2 Å². The summed E-state index contributed by atoms with van der Waals surface area (Å²) in [5.41, 5.74) is 0. The maximum absolute atomic E-state index is 11.5. The zero-order chi connectivity index (χ0) is 12.0. The molecule has 1 rings (SSSR count). The summed E-state index contributed by atoms with van der Waals surface area (Å²) >= 11 is 0. The number of hydrogen-bond acceptors (Lipinski definition) is 4. The fourth-order valence-corrected chi connectivity index (χ4v) is 1.24. The molecule has 7 nitrogen and oxygen atoms in total. The quantitative estimate of drug-likeness (QED) is 0.641. The molecule has 0 aliphatic carbocycles. The largest absolute Gasteiger partial charge is 0.481 e. The van der Waals surface area contributed by atoms with Crippen molar-refractivity contribution in [3.8, 4) is 0 Å². The molecular weight excluding hydrogens is 212 g/mol. The molecule has 1 aromatic rings. The van der Waals surface area contributed by atoms with E-state index in [-0.39, 0.29) is 24.2 Å². The van der Waals surface area contributed by atoms with Crippen LogP contribution in [0.5, 0.6) is 0 Å². The summed E-state index contributed by atoms with van der Waals surface area (Å²) in [7, 11) is 0. The number of rotatable bonds is 6. The number of hydrogen-bond donors (Lipinski definition) is 3. The lowest BCUT2D eigenvalue weighted by Crippen LogP contribution is -2.33. The van der Waals surface area contributed by atoms with E-state index in [0.717, 1.165) is 0 Å². The van der Waals surface area contributed by atoms with Crippen LogP contribution < -0.4 is 5.32 Å². The van der Waals surface area contributed by atoms with Crippen LogP contribution in [0, 0.1) is 0 Å². The standard InChI is InChI=1S/C9H14N4O3/c1-6(3-2-4-7(14)15)12-9(16)8-10-5-11-13-8/h5-6H,2-4H2,1H3,(H,12,16)(H,14,15)(H,10,11,13). The van der Waals surface area contributed by atoms with E-state index in [1.165, 1.54) is 6.33 Å². The van der Waals surface area contributed by atoms with Gasteiger partial charge in [-0.2, -0.15) is 5.10 Å². The summed E-state index contributed by atoms with van der Waals surface area (Å²) in [5.74, 6) is -1.00. The third-order valence-corrected chi connectivity index (χ3v) is 2.04. The van der Waals surface area contributed by atoms with Crippen LogP contribution in [0.2, 0.25) is 0 Å². The molecular formula is C9H14N4O3. The number of carbonyl (C=O) groups is 2. The summed E-state index contributed by atoms with van der Waals surface area (Å²) < 4.78 is 0. The lowest BCUT2D eigenvalue weighted by atomic mass is 10.1. The molecule has 1 heterocycles. The number of nitrogens with zero attached hydrogens (tertiary/aromatic N) is 2. The molecule has 1 amide bonds. The van der Waals surface area contributed by atoms with Crippen molar-refractivity contribution in [2.24, 2.45) is 0 Å². The highest BCUT2D eigenvalue weighted by Gasteiger charge is 2.12. The second-order valence-corrected chi connectivity index (χ2v) is 3.49. The molecule has 0 aliphatic rings. The Morgan fingerprint density at radius 3 is 2.94 bits per heavy atom. The first-order valence-electron chi connectivity index (χ1n) is 4.97. The van der Waals surface area contributed by atoms with E-state index in [0.29, 0.717) is 12.8 Å². The van der Waals surface area contributed by atoms with Crippen LogP contribution in [0.1, 0.15) is 36.8 Å². The van der Waals surface area contributed by atoms with Gasteiger partial charge in [-0.1, -0.05) is 0 Å². The Bertz CT molecular complexity index is 350. The van der Waals surface area contributed by atoms with E-state index in [9.17, 15) is 9.59 Å². The van der Waals surface area contributed by atoms with Gasteiger partial charge < -0.3 is 10.4 Å². The number of nitrogens with one attached hydrogen (secondary N) is 2. The molecule has 7 heteroatoms. The first-order chi connectivity index (χ1) is 7.59. The fraction of sp³-hybridized carbons (Fsp3) is 0.556. The summed E-state index contributed by atoms with van der Waals surface area (Å²) in [5, 5.41) is 17.1. The van der Waals surface area contributed by atoms with E-state index < -0.39 is 5.97 Å². The molecule has 1 unspecified atom stereocenters. The maximum atomic E-state index is 11.5. The number of amides is 1. The molecule has 16 heavy (non-hydrogen) atoms. The van der Waals surface area contributed by atoms with Crippen LogP contribution >= 0.6 is 0 Å². The summed E-state index contributed by atoms with van der Waals surface area (Å²) in [6.07, 6.45) is 2.52. The number of carbonyl (C=O) groups excluding carboxylic acids is 1. The smallest absolute Gasteiger partial charge is 0.303 e. The minimum Gasteiger partial charge on any atom is -0.481 e. The molecule has 0 radical (unpaired) electrons. The normalized spacial score (nSPS) is 12.1. The van der Waals surface area contributed by atoms with Gasteiger partial charge in [0.15, 0.2) is 0 Å². The van der Waals surface area contributed by atoms with Gasteiger partial charge >= 0.3 is 5.97 Å². The molecule has 3 N–H and O–H groups in total. The second-order valence-electron chi connectivity index (χ2n) is 3.49. The highest BCUT2D eigenvalue weighted by Crippen LogP contribution is 2.01. The molecule has 0 aliphatic heterocycles. The van der Waals surface area contributed by atoms with Crippen LogP contribution in [-0.2, 0) is 4.79 Å². The van der Waals surface area contributed by atoms with Crippen molar-refractivity contribution >= 4 is 11.9 Å². The van der Waals surface area contributed by atoms with Crippen molar-refractivity contribution in [3.05, 3.63) is 12.2 Å². The van der Waals surface area contributed by atoms with Crippen molar-refractivity contribution in [1.29, 1.82) is 0 Å². The Kier molecular flexibility index (Phi) is 4.43. The topological polar surface area (TPSA) is 108 Å². The SMILES string of the molecule is CC(CCCC(=O)O)NC(=O)c1ncn[nH]1. The predicted molar refractivity (Wildman–Crippen MR) is 54.8 cm³/mol. The Morgan fingerprint density at radius 1 is 1.62 bits per heavy atom. The third kappa shape index (κ3) is 4.07. The van der Waals surface area contributed by atoms with Crippen LogP contribution in [0.15, 0.2) is 6.33 Å². The first-order valence-corrected chi connectivity index (χ1v) is 4.97. The molecule has 0 saturated carbocycles. The second kappa shape index (κ2) is 5.84. The highest BCUT2D eigenvalue weighted by molar-refractivity contribution is 5.90. The van der Waals surface area contributed by atoms with Crippen molar-refractivity contribution in [3.63, 3.8) is 0 Å². The van der Waals surface area contributed by atoms with Gasteiger partial charge in [-0.25, -0.2) is 4.98 Å². The molecule has 0 fully saturated rings. The summed E-state index contributed by atoms with van der Waals surface area (Å²) in [6, 6.07) is -0.0862. The fourth-order valence-electron chi connectivity index (χ4n) is 1.24. The van der Waals surface area contributed by atoms with Gasteiger partial charge in [0, 0.05) is 12.5 Å². The number of carboxylic acids is 1. The van der Waals surface area contributed by atoms with Gasteiger partial charge in [0.05, 0.1) is 0 Å². The van der Waals surface area contributed by atoms with E-state index in [1.807, 2.05) is 6.92 Å². The number of carboxylic acid groups (broad SMARTS) is 1. The minimum atomic E-state index is -0.825. The number of H-pyrrole nitrogens is 1. The zero-order valence-electron chi connectivity index (χ0n) is 8.93. The average Bonchev–Trinajstić information content (AvgIpc) is 2.69. The Hall–Kier alpha value is -1.92. The van der Waals surface area contributed by atoms with Gasteiger partial charge in [0.1, 0.15) is 6.33 Å². The highest BCUT2D eigenvalue weighted by atomic mass is 16.4. The molecule has 0 saturated heterocycles. The zero-order valence-corrected chi connectivity index (χ0v) is 8.93.